The fraction of sp³-hybridized carbons (Fsp3) is 0.368. The molecule has 0 aromatic heterocycles. The van der Waals surface area contributed by atoms with Crippen LogP contribution in [0.4, 0.5) is 0 Å². The van der Waals surface area contributed by atoms with E-state index < -0.39 is 0 Å². The first-order valence-electron chi connectivity index (χ1n) is 7.68. The van der Waals surface area contributed by atoms with E-state index in [1.807, 2.05) is 0 Å². The lowest BCUT2D eigenvalue weighted by Crippen LogP contribution is -2.46. The Balaban J connectivity index is 2.10. The fourth-order valence-corrected chi connectivity index (χ4v) is 2.47. The Morgan fingerprint density at radius 1 is 0.857 bits per heavy atom. The zero-order valence-corrected chi connectivity index (χ0v) is 13.1. The zero-order chi connectivity index (χ0) is 15.1. The van der Waals surface area contributed by atoms with Crippen LogP contribution in [0.15, 0.2) is 60.7 Å². The van der Waals surface area contributed by atoms with Crippen molar-refractivity contribution in [2.75, 3.05) is 6.54 Å². The second kappa shape index (κ2) is 7.39. The molecule has 2 aromatic carbocycles. The maximum absolute atomic E-state index is 6.38. The minimum absolute atomic E-state index is 0.149. The molecular weight excluding hydrogens is 256 g/mol. The maximum atomic E-state index is 6.38. The summed E-state index contributed by atoms with van der Waals surface area (Å²) < 4.78 is 0. The molecule has 0 spiro atoms. The maximum Gasteiger partial charge on any atom is 0.0252 e. The molecule has 0 saturated carbocycles. The third kappa shape index (κ3) is 5.33. The van der Waals surface area contributed by atoms with E-state index in [1.165, 1.54) is 11.1 Å². The molecule has 0 radical (unpaired) electrons. The topological polar surface area (TPSA) is 29.3 Å². The van der Waals surface area contributed by atoms with E-state index in [0.717, 1.165) is 26.1 Å². The quantitative estimate of drug-likeness (QED) is 0.836. The van der Waals surface area contributed by atoms with Gasteiger partial charge in [-0.2, -0.15) is 0 Å². The molecule has 2 N–H and O–H groups in total. The number of nitrogens with zero attached hydrogens (tertiary/aromatic N) is 1. The summed E-state index contributed by atoms with van der Waals surface area (Å²) >= 11 is 0. The monoisotopic (exact) mass is 282 g/mol. The second-order valence-electron chi connectivity index (χ2n) is 6.12. The van der Waals surface area contributed by atoms with E-state index in [9.17, 15) is 0 Å². The predicted molar refractivity (Wildman–Crippen MR) is 89.9 cm³/mol. The molecule has 0 saturated heterocycles. The van der Waals surface area contributed by atoms with Crippen LogP contribution < -0.4 is 5.73 Å². The summed E-state index contributed by atoms with van der Waals surface area (Å²) in [7, 11) is 0. The summed E-state index contributed by atoms with van der Waals surface area (Å²) in [5, 5.41) is 0. The molecule has 2 nitrogen and oxygen atoms in total. The van der Waals surface area contributed by atoms with Gasteiger partial charge in [-0.3, -0.25) is 4.90 Å². The third-order valence-corrected chi connectivity index (χ3v) is 3.89. The number of benzene rings is 2. The van der Waals surface area contributed by atoms with Gasteiger partial charge in [0.25, 0.3) is 0 Å². The van der Waals surface area contributed by atoms with Crippen molar-refractivity contribution in [3.05, 3.63) is 71.8 Å². The van der Waals surface area contributed by atoms with Crippen LogP contribution in [0.2, 0.25) is 0 Å². The molecule has 0 aliphatic rings. The first-order chi connectivity index (χ1) is 10.1. The lowest BCUT2D eigenvalue weighted by atomic mass is 9.99. The molecule has 0 heterocycles. The van der Waals surface area contributed by atoms with Gasteiger partial charge >= 0.3 is 0 Å². The van der Waals surface area contributed by atoms with Gasteiger partial charge in [0.2, 0.25) is 0 Å². The van der Waals surface area contributed by atoms with Crippen molar-refractivity contribution >= 4 is 0 Å². The largest absolute Gasteiger partial charge is 0.324 e. The molecule has 112 valence electrons. The number of rotatable bonds is 7. The minimum Gasteiger partial charge on any atom is -0.324 e. The highest BCUT2D eigenvalue weighted by Gasteiger charge is 2.20. The molecule has 0 fully saturated rings. The predicted octanol–water partition coefficient (Wildman–Crippen LogP) is 3.82. The standard InChI is InChI=1S/C19H26N2/c1-3-19(2,20)16-21(14-17-10-6-4-7-11-17)15-18-12-8-5-9-13-18/h4-13H,3,14-16,20H2,1-2H3. The molecule has 1 atom stereocenters. The minimum atomic E-state index is -0.149. The zero-order valence-electron chi connectivity index (χ0n) is 13.1. The van der Waals surface area contributed by atoms with Crippen molar-refractivity contribution in [1.82, 2.24) is 4.90 Å². The average Bonchev–Trinajstić information content (AvgIpc) is 2.49. The smallest absolute Gasteiger partial charge is 0.0252 e. The molecule has 0 aliphatic carbocycles. The summed E-state index contributed by atoms with van der Waals surface area (Å²) in [6, 6.07) is 21.2. The van der Waals surface area contributed by atoms with Gasteiger partial charge in [-0.25, -0.2) is 0 Å². The van der Waals surface area contributed by atoms with Gasteiger partial charge in [-0.05, 0) is 24.5 Å². The van der Waals surface area contributed by atoms with Gasteiger partial charge in [0, 0.05) is 25.2 Å². The van der Waals surface area contributed by atoms with Crippen LogP contribution >= 0.6 is 0 Å². The number of nitrogens with two attached hydrogens (primary N) is 1. The lowest BCUT2D eigenvalue weighted by molar-refractivity contribution is 0.198. The van der Waals surface area contributed by atoms with Crippen LogP contribution in [0.1, 0.15) is 31.4 Å². The molecule has 0 amide bonds. The highest BCUT2D eigenvalue weighted by atomic mass is 15.1. The SMILES string of the molecule is CCC(C)(N)CN(Cc1ccccc1)Cc1ccccc1. The van der Waals surface area contributed by atoms with Crippen LogP contribution in [0.3, 0.4) is 0 Å². The summed E-state index contributed by atoms with van der Waals surface area (Å²) in [5.74, 6) is 0. The number of hydrogen-bond acceptors (Lipinski definition) is 2. The Morgan fingerprint density at radius 3 is 1.67 bits per heavy atom. The van der Waals surface area contributed by atoms with Crippen molar-refractivity contribution < 1.29 is 0 Å². The highest BCUT2D eigenvalue weighted by molar-refractivity contribution is 5.17. The fourth-order valence-electron chi connectivity index (χ4n) is 2.47. The van der Waals surface area contributed by atoms with Crippen molar-refractivity contribution in [2.24, 2.45) is 5.73 Å². The molecule has 2 heteroatoms. The van der Waals surface area contributed by atoms with Crippen LogP contribution in [0.5, 0.6) is 0 Å². The average molecular weight is 282 g/mol. The van der Waals surface area contributed by atoms with Crippen LogP contribution in [-0.4, -0.2) is 17.0 Å². The first kappa shape index (κ1) is 15.7. The second-order valence-corrected chi connectivity index (χ2v) is 6.12. The molecule has 1 unspecified atom stereocenters. The Bertz CT molecular complexity index is 478. The van der Waals surface area contributed by atoms with Crippen LogP contribution in [0, 0.1) is 0 Å². The molecule has 2 rings (SSSR count). The summed E-state index contributed by atoms with van der Waals surface area (Å²) in [5.41, 5.74) is 8.90. The van der Waals surface area contributed by atoms with Crippen molar-refractivity contribution in [2.45, 2.75) is 38.9 Å². The first-order valence-corrected chi connectivity index (χ1v) is 7.68. The highest BCUT2D eigenvalue weighted by Crippen LogP contribution is 2.15. The molecule has 0 bridgehead atoms. The summed E-state index contributed by atoms with van der Waals surface area (Å²) in [6.45, 7) is 7.05. The Hall–Kier alpha value is -1.64. The van der Waals surface area contributed by atoms with Gasteiger partial charge in [0.05, 0.1) is 0 Å². The van der Waals surface area contributed by atoms with Gasteiger partial charge in [0.1, 0.15) is 0 Å². The molecule has 21 heavy (non-hydrogen) atoms. The van der Waals surface area contributed by atoms with Gasteiger partial charge in [-0.15, -0.1) is 0 Å². The summed E-state index contributed by atoms with van der Waals surface area (Å²) in [4.78, 5) is 2.44. The van der Waals surface area contributed by atoms with E-state index >= 15 is 0 Å². The lowest BCUT2D eigenvalue weighted by Gasteiger charge is -2.32. The summed E-state index contributed by atoms with van der Waals surface area (Å²) in [6.07, 6.45) is 0.979. The Morgan fingerprint density at radius 2 is 1.29 bits per heavy atom. The Kier molecular flexibility index (Phi) is 5.54. The third-order valence-electron chi connectivity index (χ3n) is 3.89. The van der Waals surface area contributed by atoms with E-state index in [0.29, 0.717) is 0 Å². The van der Waals surface area contributed by atoms with Crippen molar-refractivity contribution in [3.8, 4) is 0 Å². The van der Waals surface area contributed by atoms with Crippen molar-refractivity contribution in [1.29, 1.82) is 0 Å². The van der Waals surface area contributed by atoms with Crippen LogP contribution in [0.25, 0.3) is 0 Å². The van der Waals surface area contributed by atoms with Crippen LogP contribution in [-0.2, 0) is 13.1 Å². The van der Waals surface area contributed by atoms with Gasteiger partial charge in [-0.1, -0.05) is 67.6 Å². The van der Waals surface area contributed by atoms with Crippen molar-refractivity contribution in [3.63, 3.8) is 0 Å². The van der Waals surface area contributed by atoms with Gasteiger partial charge < -0.3 is 5.73 Å². The molecular formula is C19H26N2. The number of hydrogen-bond donors (Lipinski definition) is 1. The van der Waals surface area contributed by atoms with E-state index in [4.69, 9.17) is 5.73 Å². The van der Waals surface area contributed by atoms with E-state index in [1.54, 1.807) is 0 Å². The Labute approximate surface area is 128 Å². The normalized spacial score (nSPS) is 14.1. The molecule has 0 aliphatic heterocycles. The van der Waals surface area contributed by atoms with E-state index in [-0.39, 0.29) is 5.54 Å². The molecule has 2 aromatic rings. The van der Waals surface area contributed by atoms with E-state index in [2.05, 4.69) is 79.4 Å². The van der Waals surface area contributed by atoms with Gasteiger partial charge in [0.15, 0.2) is 0 Å².